The standard InChI is InChI=1S/C21H25N3OS/c1-14(2)24-21(26)23-12-18(15-8-10-16(25-3)11-9-15)19-13-22-20-7-5-4-6-17(19)20/h4-11,13-14,18,22H,12H2,1-3H3,(H2,23,24,26)/t18-/m1/s1. The molecule has 1 heterocycles. The molecule has 5 heteroatoms. The molecule has 3 rings (SSSR count). The first-order valence-corrected chi connectivity index (χ1v) is 9.23. The van der Waals surface area contributed by atoms with Crippen molar-refractivity contribution in [2.45, 2.75) is 25.8 Å². The zero-order valence-corrected chi connectivity index (χ0v) is 16.2. The lowest BCUT2D eigenvalue weighted by Crippen LogP contribution is -2.41. The fourth-order valence-corrected chi connectivity index (χ4v) is 3.45. The quantitative estimate of drug-likeness (QED) is 0.572. The van der Waals surface area contributed by atoms with Crippen LogP contribution in [0.15, 0.2) is 54.7 Å². The molecule has 136 valence electrons. The Bertz CT molecular complexity index is 870. The fourth-order valence-electron chi connectivity index (χ4n) is 3.13. The second kappa shape index (κ2) is 8.23. The van der Waals surface area contributed by atoms with Crippen molar-refractivity contribution in [1.29, 1.82) is 0 Å². The summed E-state index contributed by atoms with van der Waals surface area (Å²) in [5.41, 5.74) is 3.62. The summed E-state index contributed by atoms with van der Waals surface area (Å²) >= 11 is 5.41. The smallest absolute Gasteiger partial charge is 0.166 e. The molecule has 0 spiro atoms. The average Bonchev–Trinajstić information content (AvgIpc) is 3.06. The van der Waals surface area contributed by atoms with Gasteiger partial charge in [0.25, 0.3) is 0 Å². The molecule has 1 atom stereocenters. The number of benzene rings is 2. The van der Waals surface area contributed by atoms with Crippen molar-refractivity contribution in [1.82, 2.24) is 15.6 Å². The lowest BCUT2D eigenvalue weighted by molar-refractivity contribution is 0.414. The molecule has 4 nitrogen and oxygen atoms in total. The van der Waals surface area contributed by atoms with Gasteiger partial charge in [-0.1, -0.05) is 30.3 Å². The lowest BCUT2D eigenvalue weighted by atomic mass is 9.91. The van der Waals surface area contributed by atoms with E-state index < -0.39 is 0 Å². The number of hydrogen-bond donors (Lipinski definition) is 3. The molecule has 0 unspecified atom stereocenters. The van der Waals surface area contributed by atoms with Crippen LogP contribution in [0.2, 0.25) is 0 Å². The van der Waals surface area contributed by atoms with Crippen LogP contribution in [0.1, 0.15) is 30.9 Å². The van der Waals surface area contributed by atoms with E-state index in [0.717, 1.165) is 11.3 Å². The topological polar surface area (TPSA) is 49.1 Å². The van der Waals surface area contributed by atoms with Crippen molar-refractivity contribution >= 4 is 28.2 Å². The SMILES string of the molecule is COc1ccc([C@@H](CNC(=S)NC(C)C)c2c[nH]c3ccccc23)cc1. The number of rotatable bonds is 6. The van der Waals surface area contributed by atoms with Crippen molar-refractivity contribution in [3.63, 3.8) is 0 Å². The maximum atomic E-state index is 5.41. The maximum absolute atomic E-state index is 5.41. The van der Waals surface area contributed by atoms with E-state index in [4.69, 9.17) is 17.0 Å². The molecule has 0 radical (unpaired) electrons. The number of thiocarbonyl (C=S) groups is 1. The Kier molecular flexibility index (Phi) is 5.78. The Morgan fingerprint density at radius 1 is 1.12 bits per heavy atom. The monoisotopic (exact) mass is 367 g/mol. The minimum atomic E-state index is 0.170. The first-order chi connectivity index (χ1) is 12.6. The highest BCUT2D eigenvalue weighted by atomic mass is 32.1. The normalized spacial score (nSPS) is 12.2. The van der Waals surface area contributed by atoms with E-state index in [2.05, 4.69) is 66.0 Å². The highest BCUT2D eigenvalue weighted by molar-refractivity contribution is 7.80. The minimum Gasteiger partial charge on any atom is -0.497 e. The van der Waals surface area contributed by atoms with Gasteiger partial charge in [-0.05, 0) is 55.4 Å². The van der Waals surface area contributed by atoms with Crippen LogP contribution >= 0.6 is 12.2 Å². The lowest BCUT2D eigenvalue weighted by Gasteiger charge is -2.21. The molecule has 0 saturated heterocycles. The number of fused-ring (bicyclic) bond motifs is 1. The highest BCUT2D eigenvalue weighted by Crippen LogP contribution is 2.31. The van der Waals surface area contributed by atoms with Crippen LogP contribution < -0.4 is 15.4 Å². The van der Waals surface area contributed by atoms with Gasteiger partial charge in [0.2, 0.25) is 0 Å². The van der Waals surface area contributed by atoms with E-state index in [1.807, 2.05) is 18.2 Å². The van der Waals surface area contributed by atoms with Gasteiger partial charge >= 0.3 is 0 Å². The first-order valence-electron chi connectivity index (χ1n) is 8.83. The first kappa shape index (κ1) is 18.3. The molecule has 2 aromatic carbocycles. The Balaban J connectivity index is 1.91. The molecular formula is C21H25N3OS. The van der Waals surface area contributed by atoms with Crippen LogP contribution in [-0.2, 0) is 0 Å². The van der Waals surface area contributed by atoms with Crippen LogP contribution in [0, 0.1) is 0 Å². The molecule has 0 aliphatic heterocycles. The molecule has 0 fully saturated rings. The Labute approximate surface area is 160 Å². The fraction of sp³-hybridized carbons (Fsp3) is 0.286. The number of hydrogen-bond acceptors (Lipinski definition) is 2. The van der Waals surface area contributed by atoms with Crippen LogP contribution in [0.3, 0.4) is 0 Å². The van der Waals surface area contributed by atoms with Crippen molar-refractivity contribution in [3.05, 3.63) is 65.9 Å². The average molecular weight is 368 g/mol. The van der Waals surface area contributed by atoms with E-state index in [1.165, 1.54) is 16.5 Å². The van der Waals surface area contributed by atoms with E-state index in [-0.39, 0.29) is 5.92 Å². The van der Waals surface area contributed by atoms with Crippen molar-refractivity contribution in [3.8, 4) is 5.75 Å². The van der Waals surface area contributed by atoms with Gasteiger partial charge < -0.3 is 20.4 Å². The summed E-state index contributed by atoms with van der Waals surface area (Å²) in [6, 6.07) is 16.9. The second-order valence-corrected chi connectivity index (χ2v) is 7.03. The number of aromatic amines is 1. The van der Waals surface area contributed by atoms with Gasteiger partial charge in [-0.25, -0.2) is 0 Å². The maximum Gasteiger partial charge on any atom is 0.166 e. The van der Waals surface area contributed by atoms with Gasteiger partial charge in [-0.15, -0.1) is 0 Å². The van der Waals surface area contributed by atoms with E-state index in [9.17, 15) is 0 Å². The Morgan fingerprint density at radius 3 is 2.54 bits per heavy atom. The zero-order chi connectivity index (χ0) is 18.5. The predicted molar refractivity (Wildman–Crippen MR) is 112 cm³/mol. The largest absolute Gasteiger partial charge is 0.497 e. The van der Waals surface area contributed by atoms with Gasteiger partial charge in [-0.3, -0.25) is 0 Å². The number of H-pyrrole nitrogens is 1. The summed E-state index contributed by atoms with van der Waals surface area (Å²) in [6.07, 6.45) is 2.10. The molecule has 3 aromatic rings. The summed E-state index contributed by atoms with van der Waals surface area (Å²) in [5, 5.41) is 8.53. The van der Waals surface area contributed by atoms with Gasteiger partial charge in [0.05, 0.1) is 7.11 Å². The number of ether oxygens (including phenoxy) is 1. The summed E-state index contributed by atoms with van der Waals surface area (Å²) in [5.74, 6) is 1.03. The molecule has 0 aliphatic rings. The van der Waals surface area contributed by atoms with Gasteiger partial charge in [0.1, 0.15) is 5.75 Å². The Morgan fingerprint density at radius 2 is 1.85 bits per heavy atom. The van der Waals surface area contributed by atoms with Crippen LogP contribution in [0.4, 0.5) is 0 Å². The zero-order valence-electron chi connectivity index (χ0n) is 15.4. The van der Waals surface area contributed by atoms with Gasteiger partial charge in [-0.2, -0.15) is 0 Å². The number of aromatic nitrogens is 1. The predicted octanol–water partition coefficient (Wildman–Crippen LogP) is 4.18. The van der Waals surface area contributed by atoms with Crippen molar-refractivity contribution < 1.29 is 4.74 Å². The van der Waals surface area contributed by atoms with Crippen molar-refractivity contribution in [2.24, 2.45) is 0 Å². The highest BCUT2D eigenvalue weighted by Gasteiger charge is 2.18. The summed E-state index contributed by atoms with van der Waals surface area (Å²) in [4.78, 5) is 3.38. The Hall–Kier alpha value is -2.53. The molecule has 0 saturated carbocycles. The van der Waals surface area contributed by atoms with E-state index in [1.54, 1.807) is 7.11 Å². The van der Waals surface area contributed by atoms with Gasteiger partial charge in [0, 0.05) is 35.6 Å². The number of para-hydroxylation sites is 1. The summed E-state index contributed by atoms with van der Waals surface area (Å²) < 4.78 is 5.30. The number of nitrogens with one attached hydrogen (secondary N) is 3. The third-order valence-corrected chi connectivity index (χ3v) is 4.66. The van der Waals surface area contributed by atoms with E-state index in [0.29, 0.717) is 17.7 Å². The second-order valence-electron chi connectivity index (χ2n) is 6.62. The molecule has 3 N–H and O–H groups in total. The minimum absolute atomic E-state index is 0.170. The molecule has 1 aromatic heterocycles. The molecule has 0 amide bonds. The molecule has 0 aliphatic carbocycles. The molecule has 0 bridgehead atoms. The van der Waals surface area contributed by atoms with Crippen LogP contribution in [0.25, 0.3) is 10.9 Å². The number of methoxy groups -OCH3 is 1. The van der Waals surface area contributed by atoms with Crippen molar-refractivity contribution in [2.75, 3.05) is 13.7 Å². The van der Waals surface area contributed by atoms with E-state index >= 15 is 0 Å². The summed E-state index contributed by atoms with van der Waals surface area (Å²) in [6.45, 7) is 4.87. The molecule has 26 heavy (non-hydrogen) atoms. The molecular weight excluding hydrogens is 342 g/mol. The van der Waals surface area contributed by atoms with Gasteiger partial charge in [0.15, 0.2) is 5.11 Å². The summed E-state index contributed by atoms with van der Waals surface area (Å²) in [7, 11) is 1.68. The third-order valence-electron chi connectivity index (χ3n) is 4.40. The third kappa shape index (κ3) is 4.17. The van der Waals surface area contributed by atoms with Crippen LogP contribution in [0.5, 0.6) is 5.75 Å². The van der Waals surface area contributed by atoms with Crippen LogP contribution in [-0.4, -0.2) is 29.8 Å².